The van der Waals surface area contributed by atoms with Gasteiger partial charge < -0.3 is 10.2 Å². The van der Waals surface area contributed by atoms with E-state index >= 15 is 0 Å². The molecule has 0 bridgehead atoms. The summed E-state index contributed by atoms with van der Waals surface area (Å²) in [6, 6.07) is 19.6. The zero-order valence-corrected chi connectivity index (χ0v) is 26.0. The molecule has 1 N–H and O–H groups in total. The molecule has 0 saturated heterocycles. The van der Waals surface area contributed by atoms with Gasteiger partial charge in [-0.15, -0.1) is 11.8 Å². The molecule has 0 spiro atoms. The van der Waals surface area contributed by atoms with Crippen molar-refractivity contribution in [1.29, 1.82) is 0 Å². The summed E-state index contributed by atoms with van der Waals surface area (Å²) in [4.78, 5) is 29.5. The Bertz CT molecular complexity index is 1420. The quantitative estimate of drug-likeness (QED) is 0.293. The summed E-state index contributed by atoms with van der Waals surface area (Å²) in [7, 11) is -4.12. The highest BCUT2D eigenvalue weighted by Gasteiger charge is 2.33. The van der Waals surface area contributed by atoms with Crippen LogP contribution < -0.4 is 9.62 Å². The fourth-order valence-electron chi connectivity index (χ4n) is 3.96. The van der Waals surface area contributed by atoms with Gasteiger partial charge in [0.1, 0.15) is 12.6 Å². The summed E-state index contributed by atoms with van der Waals surface area (Å²) in [5, 5.41) is 3.47. The summed E-state index contributed by atoms with van der Waals surface area (Å²) in [6.45, 7) is 8.72. The molecule has 0 aliphatic heterocycles. The molecule has 2 amide bonds. The predicted octanol–water partition coefficient (Wildman–Crippen LogP) is 5.90. The molecule has 40 heavy (non-hydrogen) atoms. The van der Waals surface area contributed by atoms with Crippen LogP contribution in [0.25, 0.3) is 0 Å². The van der Waals surface area contributed by atoms with Crippen LogP contribution in [0.15, 0.2) is 82.6 Å². The van der Waals surface area contributed by atoms with Gasteiger partial charge in [0.2, 0.25) is 11.8 Å². The molecule has 0 aliphatic rings. The number of anilines is 1. The lowest BCUT2D eigenvalue weighted by atomic mass is 10.1. The van der Waals surface area contributed by atoms with Crippen molar-refractivity contribution in [3.63, 3.8) is 0 Å². The third-order valence-corrected chi connectivity index (χ3v) is 8.96. The molecule has 0 heterocycles. The second kappa shape index (κ2) is 13.1. The topological polar surface area (TPSA) is 86.8 Å². The second-order valence-corrected chi connectivity index (χ2v) is 13.8. The Morgan fingerprint density at radius 1 is 0.950 bits per heavy atom. The molecule has 0 unspecified atom stereocenters. The third kappa shape index (κ3) is 8.25. The number of halogens is 1. The molecule has 3 aromatic rings. The van der Waals surface area contributed by atoms with Crippen LogP contribution in [-0.2, 0) is 26.2 Å². The van der Waals surface area contributed by atoms with Crippen LogP contribution in [0.3, 0.4) is 0 Å². The summed E-state index contributed by atoms with van der Waals surface area (Å²) >= 11 is 7.56. The van der Waals surface area contributed by atoms with Gasteiger partial charge in [0.05, 0.1) is 10.6 Å². The maximum Gasteiger partial charge on any atom is 0.264 e. The smallest absolute Gasteiger partial charge is 0.264 e. The zero-order chi connectivity index (χ0) is 29.7. The number of benzene rings is 3. The van der Waals surface area contributed by atoms with Gasteiger partial charge in [0.25, 0.3) is 10.0 Å². The fraction of sp³-hybridized carbons (Fsp3) is 0.333. The van der Waals surface area contributed by atoms with Crippen LogP contribution >= 0.6 is 23.4 Å². The lowest BCUT2D eigenvalue weighted by Crippen LogP contribution is -2.54. The minimum Gasteiger partial charge on any atom is -0.350 e. The highest BCUT2D eigenvalue weighted by molar-refractivity contribution is 7.98. The predicted molar refractivity (Wildman–Crippen MR) is 163 cm³/mol. The number of carbonyl (C=O) groups excluding carboxylic acids is 2. The number of carbonyl (C=O) groups is 2. The number of hydrogen-bond donors (Lipinski definition) is 1. The van der Waals surface area contributed by atoms with Crippen molar-refractivity contribution in [2.24, 2.45) is 0 Å². The normalized spacial score (nSPS) is 12.5. The van der Waals surface area contributed by atoms with Crippen molar-refractivity contribution in [2.75, 3.05) is 17.1 Å². The first-order chi connectivity index (χ1) is 18.7. The van der Waals surface area contributed by atoms with Gasteiger partial charge in [-0.2, -0.15) is 0 Å². The molecular weight excluding hydrogens is 566 g/mol. The van der Waals surface area contributed by atoms with E-state index in [9.17, 15) is 18.0 Å². The van der Waals surface area contributed by atoms with E-state index in [0.29, 0.717) is 10.7 Å². The van der Waals surface area contributed by atoms with Gasteiger partial charge in [-0.05, 0) is 95.0 Å². The van der Waals surface area contributed by atoms with E-state index in [4.69, 9.17) is 11.6 Å². The van der Waals surface area contributed by atoms with Crippen LogP contribution in [0.2, 0.25) is 5.02 Å². The van der Waals surface area contributed by atoms with Crippen LogP contribution in [0.4, 0.5) is 5.69 Å². The molecule has 0 aliphatic carbocycles. The van der Waals surface area contributed by atoms with Gasteiger partial charge in [0.15, 0.2) is 0 Å². The molecule has 10 heteroatoms. The zero-order valence-electron chi connectivity index (χ0n) is 23.6. The van der Waals surface area contributed by atoms with E-state index in [2.05, 4.69) is 5.32 Å². The van der Waals surface area contributed by atoms with Gasteiger partial charge in [0, 0.05) is 22.0 Å². The van der Waals surface area contributed by atoms with Crippen molar-refractivity contribution in [1.82, 2.24) is 10.2 Å². The number of nitrogens with one attached hydrogen (secondary N) is 1. The average Bonchev–Trinajstić information content (AvgIpc) is 2.90. The maximum atomic E-state index is 14.0. The number of thioether (sulfide) groups is 1. The Balaban J connectivity index is 2.03. The molecule has 0 aromatic heterocycles. The summed E-state index contributed by atoms with van der Waals surface area (Å²) < 4.78 is 28.9. The maximum absolute atomic E-state index is 14.0. The first-order valence-corrected chi connectivity index (χ1v) is 15.8. The average molecular weight is 602 g/mol. The lowest BCUT2D eigenvalue weighted by Gasteiger charge is -2.33. The van der Waals surface area contributed by atoms with Crippen molar-refractivity contribution < 1.29 is 18.0 Å². The molecule has 3 rings (SSSR count). The van der Waals surface area contributed by atoms with Crippen LogP contribution in [0, 0.1) is 6.92 Å². The Morgan fingerprint density at radius 2 is 1.52 bits per heavy atom. The van der Waals surface area contributed by atoms with Crippen molar-refractivity contribution in [3.8, 4) is 0 Å². The summed E-state index contributed by atoms with van der Waals surface area (Å²) in [6.07, 6.45) is 1.91. The van der Waals surface area contributed by atoms with Gasteiger partial charge in [-0.1, -0.05) is 41.4 Å². The van der Waals surface area contributed by atoms with Gasteiger partial charge in [-0.25, -0.2) is 8.42 Å². The second-order valence-electron chi connectivity index (χ2n) is 10.6. The van der Waals surface area contributed by atoms with Crippen LogP contribution in [0.5, 0.6) is 0 Å². The Hall–Kier alpha value is -3.01. The number of aryl methyl sites for hydroxylation is 1. The largest absolute Gasteiger partial charge is 0.350 e. The fourth-order valence-corrected chi connectivity index (χ4v) is 5.91. The molecule has 0 fully saturated rings. The molecule has 214 valence electrons. The lowest BCUT2D eigenvalue weighted by molar-refractivity contribution is -0.140. The van der Waals surface area contributed by atoms with Crippen molar-refractivity contribution in [2.45, 2.75) is 62.5 Å². The monoisotopic (exact) mass is 601 g/mol. The number of amides is 2. The van der Waals surface area contributed by atoms with Crippen molar-refractivity contribution in [3.05, 3.63) is 88.9 Å². The number of nitrogens with zero attached hydrogens (tertiary/aromatic N) is 2. The summed E-state index contributed by atoms with van der Waals surface area (Å²) in [5.74, 6) is -0.858. The molecule has 1 atom stereocenters. The molecule has 0 radical (unpaired) electrons. The van der Waals surface area contributed by atoms with E-state index < -0.39 is 34.1 Å². The Morgan fingerprint density at radius 3 is 2.05 bits per heavy atom. The van der Waals surface area contributed by atoms with E-state index in [1.807, 2.05) is 34.0 Å². The van der Waals surface area contributed by atoms with Crippen molar-refractivity contribution >= 4 is 50.9 Å². The van der Waals surface area contributed by atoms with Gasteiger partial charge in [-0.3, -0.25) is 13.9 Å². The SMILES string of the molecule is CSc1ccc(S(=O)(=O)N(CC(=O)N(Cc2ccc(Cl)cc2)[C@@H](C)C(=O)NC(C)(C)C)c2ccc(C)cc2)cc1. The van der Waals surface area contributed by atoms with Crippen LogP contribution in [-0.4, -0.2) is 49.5 Å². The Labute approximate surface area is 247 Å². The number of rotatable bonds is 10. The molecule has 3 aromatic carbocycles. The minimum atomic E-state index is -4.12. The molecular formula is C30H36ClN3O4S2. The Kier molecular flexibility index (Phi) is 10.3. The standard InChI is InChI=1S/C30H36ClN3O4S2/c1-21-7-13-25(14-8-21)34(40(37,38)27-17-15-26(39-6)16-18-27)20-28(35)33(19-23-9-11-24(31)12-10-23)22(2)29(36)32-30(3,4)5/h7-18,22H,19-20H2,1-6H3,(H,32,36)/t22-/m0/s1. The number of hydrogen-bond acceptors (Lipinski definition) is 5. The van der Waals surface area contributed by atoms with E-state index in [1.54, 1.807) is 67.6 Å². The highest BCUT2D eigenvalue weighted by Crippen LogP contribution is 2.26. The first kappa shape index (κ1) is 31.5. The van der Waals surface area contributed by atoms with E-state index in [0.717, 1.165) is 20.3 Å². The van der Waals surface area contributed by atoms with E-state index in [-0.39, 0.29) is 17.3 Å². The third-order valence-electron chi connectivity index (χ3n) is 6.18. The molecule has 7 nitrogen and oxygen atoms in total. The van der Waals surface area contributed by atoms with Gasteiger partial charge >= 0.3 is 0 Å². The summed E-state index contributed by atoms with van der Waals surface area (Å²) in [5.41, 5.74) is 1.55. The number of sulfonamides is 1. The minimum absolute atomic E-state index is 0.0708. The highest BCUT2D eigenvalue weighted by atomic mass is 35.5. The van der Waals surface area contributed by atoms with E-state index in [1.165, 1.54) is 28.8 Å². The molecule has 0 saturated carbocycles. The van der Waals surface area contributed by atoms with Crippen LogP contribution in [0.1, 0.15) is 38.8 Å². The first-order valence-electron chi connectivity index (χ1n) is 12.8.